The lowest BCUT2D eigenvalue weighted by atomic mass is 9.83. The Morgan fingerprint density at radius 1 is 1.22 bits per heavy atom. The number of benzene rings is 1. The van der Waals surface area contributed by atoms with Gasteiger partial charge in [0, 0.05) is 58.2 Å². The summed E-state index contributed by atoms with van der Waals surface area (Å²) in [5, 5.41) is 11.8. The summed E-state index contributed by atoms with van der Waals surface area (Å²) in [4.78, 5) is 49.6. The number of carbonyl (C=O) groups is 3. The molecule has 2 saturated heterocycles. The third-order valence-electron chi connectivity index (χ3n) is 7.67. The van der Waals surface area contributed by atoms with E-state index >= 15 is 0 Å². The van der Waals surface area contributed by atoms with Crippen LogP contribution in [0, 0.1) is 5.92 Å². The van der Waals surface area contributed by atoms with Gasteiger partial charge in [-0.1, -0.05) is 26.0 Å². The molecule has 0 spiro atoms. The second-order valence-corrected chi connectivity index (χ2v) is 10.2. The van der Waals surface area contributed by atoms with Gasteiger partial charge in [0.15, 0.2) is 0 Å². The third kappa shape index (κ3) is 6.01. The molecular weight excluding hydrogens is 476 g/mol. The molecule has 1 N–H and O–H groups in total. The van der Waals surface area contributed by atoms with E-state index in [4.69, 9.17) is 9.57 Å². The molecule has 3 atom stereocenters. The van der Waals surface area contributed by atoms with Crippen LogP contribution in [0.1, 0.15) is 50.2 Å². The summed E-state index contributed by atoms with van der Waals surface area (Å²) in [7, 11) is 1.77. The lowest BCUT2D eigenvalue weighted by Gasteiger charge is -2.30. The molecule has 204 valence electrons. The molecular formula is C27H40N4O6. The van der Waals surface area contributed by atoms with Crippen LogP contribution in [0.4, 0.5) is 4.79 Å². The van der Waals surface area contributed by atoms with Crippen molar-refractivity contribution in [2.75, 3.05) is 59.5 Å². The second-order valence-electron chi connectivity index (χ2n) is 10.2. The minimum Gasteiger partial charge on any atom is -0.493 e. The van der Waals surface area contributed by atoms with Gasteiger partial charge in [-0.25, -0.2) is 9.86 Å². The highest BCUT2D eigenvalue weighted by molar-refractivity contribution is 5.78. The van der Waals surface area contributed by atoms with Gasteiger partial charge in [-0.15, -0.1) is 0 Å². The van der Waals surface area contributed by atoms with E-state index in [9.17, 15) is 19.5 Å². The number of carboxylic acid groups (broad SMARTS) is 1. The van der Waals surface area contributed by atoms with Crippen molar-refractivity contribution in [1.82, 2.24) is 19.8 Å². The van der Waals surface area contributed by atoms with Crippen LogP contribution < -0.4 is 4.74 Å². The monoisotopic (exact) mass is 516 g/mol. The average Bonchev–Trinajstić information content (AvgIpc) is 3.58. The van der Waals surface area contributed by atoms with Crippen molar-refractivity contribution >= 4 is 17.9 Å². The minimum atomic E-state index is -0.876. The molecule has 10 heteroatoms. The molecule has 0 radical (unpaired) electrons. The molecule has 3 heterocycles. The normalized spacial score (nSPS) is 23.4. The molecule has 37 heavy (non-hydrogen) atoms. The molecule has 10 nitrogen and oxygen atoms in total. The zero-order chi connectivity index (χ0) is 26.5. The summed E-state index contributed by atoms with van der Waals surface area (Å²) in [5.41, 5.74) is 2.06. The van der Waals surface area contributed by atoms with Gasteiger partial charge in [-0.3, -0.25) is 19.3 Å². The quantitative estimate of drug-likeness (QED) is 0.426. The molecule has 0 saturated carbocycles. The lowest BCUT2D eigenvalue weighted by molar-refractivity contribution is -0.188. The van der Waals surface area contributed by atoms with Crippen molar-refractivity contribution in [2.24, 2.45) is 5.92 Å². The summed E-state index contributed by atoms with van der Waals surface area (Å²) >= 11 is 0. The molecule has 0 unspecified atom stereocenters. The van der Waals surface area contributed by atoms with Gasteiger partial charge in [-0.2, -0.15) is 0 Å². The van der Waals surface area contributed by atoms with Gasteiger partial charge >= 0.3 is 12.0 Å². The standard InChI is InChI=1S/C27H40N4O6/c1-4-10-31(37-14-5-2)24(32)18-30-17-21(19-6-7-23-20(16-19)9-15-36-23)25(26(33)34)22(30)8-11-29-13-12-28(3)27(29)35/h6-7,16,21-22,25H,4-5,8-15,17-18H2,1-3H3,(H,33,34)/t21-,22+,25-/m1/s1. The number of rotatable bonds is 12. The minimum absolute atomic E-state index is 0.0373. The Bertz CT molecular complexity index is 988. The molecule has 3 aliphatic rings. The van der Waals surface area contributed by atoms with Crippen LogP contribution in [0.25, 0.3) is 0 Å². The van der Waals surface area contributed by atoms with Gasteiger partial charge in [0.05, 0.1) is 25.7 Å². The highest BCUT2D eigenvalue weighted by atomic mass is 16.7. The summed E-state index contributed by atoms with van der Waals surface area (Å²) in [6, 6.07) is 5.53. The maximum Gasteiger partial charge on any atom is 0.319 e. The Balaban J connectivity index is 1.58. The maximum atomic E-state index is 13.3. The first-order chi connectivity index (χ1) is 17.8. The van der Waals surface area contributed by atoms with Gasteiger partial charge < -0.3 is 19.6 Å². The highest BCUT2D eigenvalue weighted by Crippen LogP contribution is 2.41. The molecule has 4 rings (SSSR count). The first kappa shape index (κ1) is 27.2. The van der Waals surface area contributed by atoms with Crippen LogP contribution in [0.2, 0.25) is 0 Å². The zero-order valence-electron chi connectivity index (χ0n) is 22.2. The number of ether oxygens (including phenoxy) is 1. The zero-order valence-corrected chi connectivity index (χ0v) is 22.2. The fourth-order valence-corrected chi connectivity index (χ4v) is 5.74. The molecule has 2 fully saturated rings. The second kappa shape index (κ2) is 12.1. The number of hydrogen-bond donors (Lipinski definition) is 1. The Labute approximate surface area is 219 Å². The van der Waals surface area contributed by atoms with Crippen LogP contribution in [0.5, 0.6) is 5.75 Å². The third-order valence-corrected chi connectivity index (χ3v) is 7.67. The predicted molar refractivity (Wildman–Crippen MR) is 137 cm³/mol. The number of hydrogen-bond acceptors (Lipinski definition) is 6. The molecule has 1 aromatic rings. The van der Waals surface area contributed by atoms with Gasteiger partial charge in [0.2, 0.25) is 0 Å². The number of likely N-dealkylation sites (tertiary alicyclic amines) is 1. The number of carbonyl (C=O) groups excluding carboxylic acids is 2. The number of aliphatic carboxylic acids is 1. The lowest BCUT2D eigenvalue weighted by Crippen LogP contribution is -2.45. The van der Waals surface area contributed by atoms with E-state index in [1.54, 1.807) is 16.8 Å². The van der Waals surface area contributed by atoms with Crippen LogP contribution in [-0.2, 0) is 20.8 Å². The summed E-state index contributed by atoms with van der Waals surface area (Å²) in [5.74, 6) is -1.14. The Hall–Kier alpha value is -2.85. The van der Waals surface area contributed by atoms with Crippen LogP contribution in [-0.4, -0.2) is 108 Å². The van der Waals surface area contributed by atoms with Crippen molar-refractivity contribution in [2.45, 2.75) is 51.5 Å². The smallest absolute Gasteiger partial charge is 0.319 e. The number of likely N-dealkylation sites (N-methyl/N-ethyl adjacent to an activating group) is 1. The number of fused-ring (bicyclic) bond motifs is 1. The van der Waals surface area contributed by atoms with E-state index in [1.165, 1.54) is 5.06 Å². The van der Waals surface area contributed by atoms with E-state index < -0.39 is 11.9 Å². The Morgan fingerprint density at radius 2 is 2.03 bits per heavy atom. The van der Waals surface area contributed by atoms with Crippen molar-refractivity contribution in [3.8, 4) is 5.75 Å². The van der Waals surface area contributed by atoms with Gasteiger partial charge in [-0.05, 0) is 36.5 Å². The SMILES string of the molecule is CCCON(CCC)C(=O)CN1C[C@H](c2ccc3c(c2)CCO3)[C@@H](C(=O)O)[C@@H]1CCN1CCN(C)C1=O. The average molecular weight is 517 g/mol. The highest BCUT2D eigenvalue weighted by Gasteiger charge is 2.47. The predicted octanol–water partition coefficient (Wildman–Crippen LogP) is 2.43. The van der Waals surface area contributed by atoms with E-state index in [0.717, 1.165) is 36.1 Å². The summed E-state index contributed by atoms with van der Waals surface area (Å²) < 4.78 is 5.65. The van der Waals surface area contributed by atoms with E-state index in [1.807, 2.05) is 30.9 Å². The van der Waals surface area contributed by atoms with Crippen molar-refractivity contribution in [3.63, 3.8) is 0 Å². The number of nitrogens with zero attached hydrogens (tertiary/aromatic N) is 4. The van der Waals surface area contributed by atoms with Crippen molar-refractivity contribution < 1.29 is 29.1 Å². The van der Waals surface area contributed by atoms with E-state index in [-0.39, 0.29) is 30.4 Å². The van der Waals surface area contributed by atoms with Gasteiger partial charge in [0.25, 0.3) is 5.91 Å². The largest absolute Gasteiger partial charge is 0.493 e. The molecule has 0 aromatic heterocycles. The van der Waals surface area contributed by atoms with Crippen LogP contribution >= 0.6 is 0 Å². The number of carboxylic acids is 1. The van der Waals surface area contributed by atoms with Crippen molar-refractivity contribution in [1.29, 1.82) is 0 Å². The van der Waals surface area contributed by atoms with Crippen LogP contribution in [0.3, 0.4) is 0 Å². The molecule has 0 bridgehead atoms. The molecule has 3 amide bonds. The first-order valence-corrected chi connectivity index (χ1v) is 13.5. The first-order valence-electron chi connectivity index (χ1n) is 13.5. The number of hydroxylamine groups is 2. The van der Waals surface area contributed by atoms with Crippen molar-refractivity contribution in [3.05, 3.63) is 29.3 Å². The van der Waals surface area contributed by atoms with Gasteiger partial charge in [0.1, 0.15) is 5.75 Å². The number of urea groups is 1. The Kier molecular flexibility index (Phi) is 8.91. The summed E-state index contributed by atoms with van der Waals surface area (Å²) in [6.07, 6.45) is 2.85. The van der Waals surface area contributed by atoms with E-state index in [2.05, 4.69) is 6.07 Å². The number of amides is 3. The maximum absolute atomic E-state index is 13.3. The van der Waals surface area contributed by atoms with E-state index in [0.29, 0.717) is 52.4 Å². The molecule has 1 aromatic carbocycles. The topological polar surface area (TPSA) is 103 Å². The fourth-order valence-electron chi connectivity index (χ4n) is 5.74. The molecule has 3 aliphatic heterocycles. The fraction of sp³-hybridized carbons (Fsp3) is 0.667. The Morgan fingerprint density at radius 3 is 2.70 bits per heavy atom. The summed E-state index contributed by atoms with van der Waals surface area (Å²) in [6.45, 7) is 7.84. The molecule has 0 aliphatic carbocycles. The van der Waals surface area contributed by atoms with Crippen LogP contribution in [0.15, 0.2) is 18.2 Å².